The van der Waals surface area contributed by atoms with Crippen LogP contribution in [-0.2, 0) is 6.42 Å². The van der Waals surface area contributed by atoms with Gasteiger partial charge in [0.25, 0.3) is 0 Å². The molecule has 0 aliphatic heterocycles. The van der Waals surface area contributed by atoms with Crippen molar-refractivity contribution in [3.05, 3.63) is 68.7 Å². The van der Waals surface area contributed by atoms with Crippen molar-refractivity contribution in [2.45, 2.75) is 32.7 Å². The van der Waals surface area contributed by atoms with Crippen molar-refractivity contribution in [3.8, 4) is 0 Å². The minimum Gasteiger partial charge on any atom is -0.307 e. The van der Waals surface area contributed by atoms with Gasteiger partial charge in [-0.1, -0.05) is 62.2 Å². The van der Waals surface area contributed by atoms with Crippen LogP contribution >= 0.6 is 27.5 Å². The molecule has 2 aromatic rings. The lowest BCUT2D eigenvalue weighted by atomic mass is 9.97. The van der Waals surface area contributed by atoms with Crippen LogP contribution in [0.15, 0.2) is 46.9 Å². The summed E-state index contributed by atoms with van der Waals surface area (Å²) in [4.78, 5) is 0. The topological polar surface area (TPSA) is 12.0 Å². The second-order valence-electron chi connectivity index (χ2n) is 5.16. The molecular formula is C18H21BrClN. The molecule has 1 atom stereocenters. The predicted octanol–water partition coefficient (Wildman–Crippen LogP) is 5.75. The fourth-order valence-corrected chi connectivity index (χ4v) is 3.00. The highest BCUT2D eigenvalue weighted by Crippen LogP contribution is 2.29. The molecule has 2 aromatic carbocycles. The van der Waals surface area contributed by atoms with Gasteiger partial charge < -0.3 is 5.32 Å². The predicted molar refractivity (Wildman–Crippen MR) is 95.1 cm³/mol. The second-order valence-corrected chi connectivity index (χ2v) is 6.42. The maximum Gasteiger partial charge on any atom is 0.0577 e. The van der Waals surface area contributed by atoms with E-state index < -0.39 is 0 Å². The monoisotopic (exact) mass is 365 g/mol. The zero-order valence-electron chi connectivity index (χ0n) is 12.5. The standard InChI is InChI=1S/C18H21BrClN/c1-3-5-13-6-8-14(9-7-13)18(21-4-2)15-10-11-17(20)16(19)12-15/h6-12,18,21H,3-5H2,1-2H3. The maximum absolute atomic E-state index is 6.10. The molecule has 2 rings (SSSR count). The molecule has 0 heterocycles. The molecule has 112 valence electrons. The molecule has 0 bridgehead atoms. The minimum atomic E-state index is 0.194. The Kier molecular flexibility index (Phi) is 6.28. The lowest BCUT2D eigenvalue weighted by molar-refractivity contribution is 0.630. The third-order valence-corrected chi connectivity index (χ3v) is 4.75. The number of nitrogens with one attached hydrogen (secondary N) is 1. The van der Waals surface area contributed by atoms with Crippen molar-refractivity contribution in [3.63, 3.8) is 0 Å². The summed E-state index contributed by atoms with van der Waals surface area (Å²) in [6.45, 7) is 5.26. The summed E-state index contributed by atoms with van der Waals surface area (Å²) in [5.41, 5.74) is 3.90. The minimum absolute atomic E-state index is 0.194. The van der Waals surface area contributed by atoms with Gasteiger partial charge in [0, 0.05) is 4.47 Å². The van der Waals surface area contributed by atoms with Crippen LogP contribution in [0.4, 0.5) is 0 Å². The van der Waals surface area contributed by atoms with Crippen LogP contribution < -0.4 is 5.32 Å². The van der Waals surface area contributed by atoms with Gasteiger partial charge in [-0.15, -0.1) is 0 Å². The van der Waals surface area contributed by atoms with Crippen LogP contribution in [0.25, 0.3) is 0 Å². The molecule has 21 heavy (non-hydrogen) atoms. The summed E-state index contributed by atoms with van der Waals surface area (Å²) in [6, 6.07) is 15.2. The zero-order valence-corrected chi connectivity index (χ0v) is 14.8. The second kappa shape index (κ2) is 7.98. The average Bonchev–Trinajstić information content (AvgIpc) is 2.49. The Balaban J connectivity index is 2.31. The number of halogens is 2. The van der Waals surface area contributed by atoms with Gasteiger partial charge in [-0.2, -0.15) is 0 Å². The fraction of sp³-hybridized carbons (Fsp3) is 0.333. The van der Waals surface area contributed by atoms with E-state index in [0.717, 1.165) is 22.5 Å². The van der Waals surface area contributed by atoms with Crippen LogP contribution in [0.5, 0.6) is 0 Å². The van der Waals surface area contributed by atoms with Gasteiger partial charge in [0.05, 0.1) is 11.1 Å². The van der Waals surface area contributed by atoms with E-state index in [9.17, 15) is 0 Å². The molecule has 1 nitrogen and oxygen atoms in total. The van der Waals surface area contributed by atoms with Gasteiger partial charge in [-0.25, -0.2) is 0 Å². The van der Waals surface area contributed by atoms with Crippen molar-refractivity contribution >= 4 is 27.5 Å². The van der Waals surface area contributed by atoms with Gasteiger partial charge >= 0.3 is 0 Å². The molecular weight excluding hydrogens is 346 g/mol. The average molecular weight is 367 g/mol. The number of benzene rings is 2. The van der Waals surface area contributed by atoms with E-state index in [1.807, 2.05) is 6.07 Å². The molecule has 0 aliphatic carbocycles. The molecule has 0 fully saturated rings. The Bertz CT molecular complexity index is 580. The Hall–Kier alpha value is -0.830. The Morgan fingerprint density at radius 1 is 1.05 bits per heavy atom. The first-order chi connectivity index (χ1) is 10.2. The summed E-state index contributed by atoms with van der Waals surface area (Å²) in [6.07, 6.45) is 2.32. The van der Waals surface area contributed by atoms with Crippen molar-refractivity contribution in [1.82, 2.24) is 5.32 Å². The maximum atomic E-state index is 6.10. The smallest absolute Gasteiger partial charge is 0.0577 e. The molecule has 0 radical (unpaired) electrons. The van der Waals surface area contributed by atoms with E-state index in [4.69, 9.17) is 11.6 Å². The Labute approximate surface area is 140 Å². The molecule has 0 saturated heterocycles. The van der Waals surface area contributed by atoms with Crippen molar-refractivity contribution in [2.24, 2.45) is 0 Å². The molecule has 0 aliphatic rings. The lowest BCUT2D eigenvalue weighted by Gasteiger charge is -2.20. The van der Waals surface area contributed by atoms with Gasteiger partial charge in [0.15, 0.2) is 0 Å². The third-order valence-electron chi connectivity index (χ3n) is 3.54. The Morgan fingerprint density at radius 3 is 2.29 bits per heavy atom. The van der Waals surface area contributed by atoms with Gasteiger partial charge in [0.2, 0.25) is 0 Å². The van der Waals surface area contributed by atoms with E-state index in [1.165, 1.54) is 23.1 Å². The molecule has 0 aromatic heterocycles. The largest absolute Gasteiger partial charge is 0.307 e. The molecule has 3 heteroatoms. The molecule has 0 amide bonds. The van der Waals surface area contributed by atoms with Crippen LogP contribution in [-0.4, -0.2) is 6.54 Å². The third kappa shape index (κ3) is 4.32. The van der Waals surface area contributed by atoms with E-state index in [-0.39, 0.29) is 6.04 Å². The quantitative estimate of drug-likeness (QED) is 0.686. The summed E-state index contributed by atoms with van der Waals surface area (Å²) in [5.74, 6) is 0. The molecule has 0 spiro atoms. The van der Waals surface area contributed by atoms with Crippen LogP contribution in [0.1, 0.15) is 43.0 Å². The van der Waals surface area contributed by atoms with Crippen molar-refractivity contribution in [1.29, 1.82) is 0 Å². The van der Waals surface area contributed by atoms with E-state index in [1.54, 1.807) is 0 Å². The highest BCUT2D eigenvalue weighted by atomic mass is 79.9. The lowest BCUT2D eigenvalue weighted by Crippen LogP contribution is -2.22. The van der Waals surface area contributed by atoms with Crippen LogP contribution in [0, 0.1) is 0 Å². The first-order valence-corrected chi connectivity index (χ1v) is 8.60. The van der Waals surface area contributed by atoms with Crippen LogP contribution in [0.2, 0.25) is 5.02 Å². The fourth-order valence-electron chi connectivity index (χ4n) is 2.49. The molecule has 1 N–H and O–H groups in total. The SMILES string of the molecule is CCCc1ccc(C(NCC)c2ccc(Cl)c(Br)c2)cc1. The van der Waals surface area contributed by atoms with Crippen molar-refractivity contribution < 1.29 is 0 Å². The van der Waals surface area contributed by atoms with E-state index in [2.05, 4.69) is 71.5 Å². The van der Waals surface area contributed by atoms with E-state index in [0.29, 0.717) is 0 Å². The van der Waals surface area contributed by atoms with Gasteiger partial charge in [-0.05, 0) is 57.7 Å². The number of rotatable bonds is 6. The first-order valence-electron chi connectivity index (χ1n) is 7.42. The molecule has 0 saturated carbocycles. The highest BCUT2D eigenvalue weighted by Gasteiger charge is 2.14. The van der Waals surface area contributed by atoms with E-state index >= 15 is 0 Å². The first kappa shape index (κ1) is 16.5. The highest BCUT2D eigenvalue weighted by molar-refractivity contribution is 9.10. The number of hydrogen-bond donors (Lipinski definition) is 1. The van der Waals surface area contributed by atoms with Crippen LogP contribution in [0.3, 0.4) is 0 Å². The number of aryl methyl sites for hydroxylation is 1. The summed E-state index contributed by atoms with van der Waals surface area (Å²) < 4.78 is 0.937. The van der Waals surface area contributed by atoms with Crippen molar-refractivity contribution in [2.75, 3.05) is 6.54 Å². The van der Waals surface area contributed by atoms with Gasteiger partial charge in [-0.3, -0.25) is 0 Å². The normalized spacial score (nSPS) is 12.4. The number of hydrogen-bond acceptors (Lipinski definition) is 1. The summed E-state index contributed by atoms with van der Waals surface area (Å²) in [7, 11) is 0. The Morgan fingerprint density at radius 2 is 1.71 bits per heavy atom. The summed E-state index contributed by atoms with van der Waals surface area (Å²) >= 11 is 9.61. The zero-order chi connectivity index (χ0) is 15.2. The summed E-state index contributed by atoms with van der Waals surface area (Å²) in [5, 5.41) is 4.29. The van der Waals surface area contributed by atoms with Gasteiger partial charge in [0.1, 0.15) is 0 Å². The molecule has 1 unspecified atom stereocenters.